The number of halogens is 3. The predicted molar refractivity (Wildman–Crippen MR) is 79.9 cm³/mol. The molecule has 0 unspecified atom stereocenters. The van der Waals surface area contributed by atoms with E-state index in [0.29, 0.717) is 15.4 Å². The average Bonchev–Trinajstić information content (AvgIpc) is 2.60. The highest BCUT2D eigenvalue weighted by molar-refractivity contribution is 9.11. The summed E-state index contributed by atoms with van der Waals surface area (Å²) in [6.07, 6.45) is 2.89. The zero-order valence-corrected chi connectivity index (χ0v) is 14.4. The van der Waals surface area contributed by atoms with Crippen molar-refractivity contribution in [2.45, 2.75) is 23.5 Å². The van der Waals surface area contributed by atoms with E-state index in [-0.39, 0.29) is 4.21 Å². The summed E-state index contributed by atoms with van der Waals surface area (Å²) < 4.78 is 27.1. The first-order valence-corrected chi connectivity index (χ1v) is 9.57. The first-order valence-electron chi connectivity index (χ1n) is 4.98. The van der Waals surface area contributed by atoms with Gasteiger partial charge in [0.25, 0.3) is 0 Å². The van der Waals surface area contributed by atoms with Crippen molar-refractivity contribution in [2.75, 3.05) is 11.9 Å². The van der Waals surface area contributed by atoms with Crippen molar-refractivity contribution >= 4 is 64.8 Å². The lowest BCUT2D eigenvalue weighted by Gasteiger charge is -2.03. The molecule has 1 aromatic rings. The van der Waals surface area contributed by atoms with Crippen molar-refractivity contribution in [3.05, 3.63) is 14.9 Å². The number of thiophene rings is 1. The summed E-state index contributed by atoms with van der Waals surface area (Å²) >= 11 is 13.5. The molecule has 0 aliphatic rings. The van der Waals surface area contributed by atoms with E-state index in [1.165, 1.54) is 6.07 Å². The van der Waals surface area contributed by atoms with Gasteiger partial charge in [-0.3, -0.25) is 0 Å². The molecule has 0 aromatic carbocycles. The quantitative estimate of drug-likeness (QED) is 0.530. The smallest absolute Gasteiger partial charge is 0.210 e. The van der Waals surface area contributed by atoms with Crippen LogP contribution in [0.1, 0.15) is 19.3 Å². The third-order valence-electron chi connectivity index (χ3n) is 1.99. The molecule has 0 saturated heterocycles. The summed E-state index contributed by atoms with van der Waals surface area (Å²) in [5.41, 5.74) is 0. The molecule has 1 aromatic heterocycles. The second-order valence-corrected chi connectivity index (χ2v) is 8.90. The third kappa shape index (κ3) is 5.16. The van der Waals surface area contributed by atoms with Gasteiger partial charge < -0.3 is 0 Å². The molecule has 1 heterocycles. The Morgan fingerprint density at radius 3 is 2.59 bits per heavy atom. The predicted octanol–water partition coefficient (Wildman–Crippen LogP) is 4.01. The van der Waals surface area contributed by atoms with Gasteiger partial charge in [0.05, 0.1) is 8.81 Å². The molecule has 17 heavy (non-hydrogen) atoms. The molecule has 0 aliphatic carbocycles. The van der Waals surface area contributed by atoms with E-state index in [2.05, 4.69) is 36.6 Å². The van der Waals surface area contributed by atoms with Crippen LogP contribution in [0.25, 0.3) is 0 Å². The summed E-state index contributed by atoms with van der Waals surface area (Å²) in [7, 11) is -3.41. The molecule has 0 atom stereocenters. The molecule has 1 N–H and O–H groups in total. The van der Waals surface area contributed by atoms with Crippen LogP contribution < -0.4 is 4.72 Å². The molecular formula is C9H12Br2ClNO2S2. The molecule has 0 radical (unpaired) electrons. The zero-order valence-electron chi connectivity index (χ0n) is 8.88. The Bertz CT molecular complexity index is 442. The van der Waals surface area contributed by atoms with E-state index in [0.717, 1.165) is 35.9 Å². The normalized spacial score (nSPS) is 11.9. The highest BCUT2D eigenvalue weighted by Gasteiger charge is 2.18. The fourth-order valence-electron chi connectivity index (χ4n) is 1.13. The molecule has 0 spiro atoms. The molecule has 98 valence electrons. The average molecular weight is 426 g/mol. The largest absolute Gasteiger partial charge is 0.250 e. The van der Waals surface area contributed by atoms with E-state index in [4.69, 9.17) is 11.6 Å². The van der Waals surface area contributed by atoms with Crippen molar-refractivity contribution in [1.82, 2.24) is 4.72 Å². The lowest BCUT2D eigenvalue weighted by Crippen LogP contribution is -2.23. The van der Waals surface area contributed by atoms with Crippen molar-refractivity contribution in [2.24, 2.45) is 0 Å². The van der Waals surface area contributed by atoms with E-state index >= 15 is 0 Å². The van der Waals surface area contributed by atoms with Crippen LogP contribution in [-0.2, 0) is 10.0 Å². The lowest BCUT2D eigenvalue weighted by atomic mass is 10.3. The van der Waals surface area contributed by atoms with Crippen LogP contribution in [0.5, 0.6) is 0 Å². The van der Waals surface area contributed by atoms with E-state index < -0.39 is 10.0 Å². The maximum absolute atomic E-state index is 11.8. The molecule has 1 rings (SSSR count). The number of rotatable bonds is 7. The van der Waals surface area contributed by atoms with Crippen molar-refractivity contribution in [3.8, 4) is 0 Å². The summed E-state index contributed by atoms with van der Waals surface area (Å²) in [5.74, 6) is 0. The SMILES string of the molecule is O=S(=O)(NCCCCCBr)c1cc(Cl)c(Br)s1. The monoisotopic (exact) mass is 423 g/mol. The standard InChI is InChI=1S/C9H12Br2ClNO2S2/c10-4-2-1-3-5-13-17(14,15)8-6-7(12)9(11)16-8/h6,13H,1-5H2. The van der Waals surface area contributed by atoms with Crippen LogP contribution in [-0.4, -0.2) is 20.3 Å². The highest BCUT2D eigenvalue weighted by atomic mass is 79.9. The topological polar surface area (TPSA) is 46.2 Å². The molecule has 0 fully saturated rings. The molecule has 0 saturated carbocycles. The van der Waals surface area contributed by atoms with Crippen molar-refractivity contribution in [1.29, 1.82) is 0 Å². The minimum atomic E-state index is -3.41. The maximum atomic E-state index is 11.8. The van der Waals surface area contributed by atoms with E-state index in [9.17, 15) is 8.42 Å². The van der Waals surface area contributed by atoms with Gasteiger partial charge in [-0.15, -0.1) is 11.3 Å². The number of unbranched alkanes of at least 4 members (excludes halogenated alkanes) is 2. The molecular weight excluding hydrogens is 413 g/mol. The fourth-order valence-corrected chi connectivity index (χ4v) is 5.05. The minimum Gasteiger partial charge on any atom is -0.210 e. The van der Waals surface area contributed by atoms with Crippen LogP contribution in [0, 0.1) is 0 Å². The van der Waals surface area contributed by atoms with E-state index in [1.54, 1.807) is 0 Å². The fraction of sp³-hybridized carbons (Fsp3) is 0.556. The minimum absolute atomic E-state index is 0.245. The number of alkyl halides is 1. The van der Waals surface area contributed by atoms with Gasteiger partial charge in [-0.25, -0.2) is 13.1 Å². The summed E-state index contributed by atoms with van der Waals surface area (Å²) in [6.45, 7) is 0.461. The van der Waals surface area contributed by atoms with Gasteiger partial charge in [0.2, 0.25) is 10.0 Å². The summed E-state index contributed by atoms with van der Waals surface area (Å²) in [5, 5.41) is 1.38. The number of nitrogens with one attached hydrogen (secondary N) is 1. The number of hydrogen-bond acceptors (Lipinski definition) is 3. The van der Waals surface area contributed by atoms with Gasteiger partial charge >= 0.3 is 0 Å². The maximum Gasteiger partial charge on any atom is 0.250 e. The van der Waals surface area contributed by atoms with Crippen molar-refractivity contribution in [3.63, 3.8) is 0 Å². The Morgan fingerprint density at radius 2 is 2.06 bits per heavy atom. The zero-order chi connectivity index (χ0) is 12.9. The lowest BCUT2D eigenvalue weighted by molar-refractivity contribution is 0.578. The molecule has 0 bridgehead atoms. The Morgan fingerprint density at radius 1 is 1.35 bits per heavy atom. The first-order chi connectivity index (χ1) is 7.97. The van der Waals surface area contributed by atoms with Gasteiger partial charge in [0, 0.05) is 11.9 Å². The van der Waals surface area contributed by atoms with Gasteiger partial charge in [0.1, 0.15) is 4.21 Å². The highest BCUT2D eigenvalue weighted by Crippen LogP contribution is 2.34. The molecule has 8 heteroatoms. The number of hydrogen-bond donors (Lipinski definition) is 1. The second-order valence-electron chi connectivity index (χ2n) is 3.33. The van der Waals surface area contributed by atoms with Crippen LogP contribution in [0.2, 0.25) is 5.02 Å². The Balaban J connectivity index is 2.51. The van der Waals surface area contributed by atoms with Gasteiger partial charge in [-0.1, -0.05) is 34.0 Å². The third-order valence-corrected chi connectivity index (χ3v) is 6.96. The summed E-state index contributed by atoms with van der Waals surface area (Å²) in [6, 6.07) is 1.46. The second kappa shape index (κ2) is 7.45. The molecule has 3 nitrogen and oxygen atoms in total. The molecule has 0 aliphatic heterocycles. The van der Waals surface area contributed by atoms with Crippen LogP contribution in [0.3, 0.4) is 0 Å². The van der Waals surface area contributed by atoms with Gasteiger partial charge in [-0.05, 0) is 34.8 Å². The van der Waals surface area contributed by atoms with Crippen LogP contribution >= 0.6 is 54.8 Å². The van der Waals surface area contributed by atoms with Gasteiger partial charge in [0.15, 0.2) is 0 Å². The Hall–Kier alpha value is 0.860. The number of sulfonamides is 1. The Labute approximate surface area is 127 Å². The van der Waals surface area contributed by atoms with E-state index in [1.807, 2.05) is 0 Å². The van der Waals surface area contributed by atoms with Crippen LogP contribution in [0.4, 0.5) is 0 Å². The Kier molecular flexibility index (Phi) is 6.97. The first kappa shape index (κ1) is 15.9. The molecule has 0 amide bonds. The van der Waals surface area contributed by atoms with Crippen molar-refractivity contribution < 1.29 is 8.42 Å². The van der Waals surface area contributed by atoms with Crippen LogP contribution in [0.15, 0.2) is 14.1 Å². The van der Waals surface area contributed by atoms with Gasteiger partial charge in [-0.2, -0.15) is 0 Å². The summed E-state index contributed by atoms with van der Waals surface area (Å²) in [4.78, 5) is 0.